The molecule has 0 radical (unpaired) electrons. The third-order valence-electron chi connectivity index (χ3n) is 7.35. The van der Waals surface area contributed by atoms with Gasteiger partial charge < -0.3 is 19.9 Å². The number of hydrogen-bond acceptors (Lipinski definition) is 6. The molecule has 3 aromatic rings. The zero-order chi connectivity index (χ0) is 24.9. The molecule has 0 spiro atoms. The summed E-state index contributed by atoms with van der Waals surface area (Å²) in [5.74, 6) is 0.925. The summed E-state index contributed by atoms with van der Waals surface area (Å²) in [5, 5.41) is 4.07. The lowest BCUT2D eigenvalue weighted by Gasteiger charge is -2.33. The number of carbonyl (C=O) groups is 1. The number of hydrogen-bond donors (Lipinski definition) is 1. The van der Waals surface area contributed by atoms with Crippen molar-refractivity contribution in [2.45, 2.75) is 32.4 Å². The van der Waals surface area contributed by atoms with E-state index in [-0.39, 0.29) is 18.6 Å². The molecule has 1 amide bonds. The number of likely N-dealkylation sites (N-methyl/N-ethyl adjacent to an activating group) is 1. The smallest absolute Gasteiger partial charge is 0.250 e. The van der Waals surface area contributed by atoms with Gasteiger partial charge in [-0.05, 0) is 62.2 Å². The molecule has 2 saturated heterocycles. The molecule has 2 aliphatic rings. The van der Waals surface area contributed by atoms with Crippen LogP contribution in [0.5, 0.6) is 0 Å². The summed E-state index contributed by atoms with van der Waals surface area (Å²) < 4.78 is 5.96. The van der Waals surface area contributed by atoms with Crippen LogP contribution in [0.3, 0.4) is 0 Å². The Morgan fingerprint density at radius 1 is 1.00 bits per heavy atom. The number of ether oxygens (including phenoxy) is 1. The van der Waals surface area contributed by atoms with Gasteiger partial charge in [0.1, 0.15) is 12.4 Å². The number of carbonyl (C=O) groups excluding carboxylic acids is 1. The highest BCUT2D eigenvalue weighted by Gasteiger charge is 2.21. The zero-order valence-electron chi connectivity index (χ0n) is 21.4. The number of benzene rings is 2. The van der Waals surface area contributed by atoms with Gasteiger partial charge in [0.25, 0.3) is 0 Å². The summed E-state index contributed by atoms with van der Waals surface area (Å²) in [6.45, 7) is 9.26. The van der Waals surface area contributed by atoms with Gasteiger partial charge in [-0.2, -0.15) is 0 Å². The van der Waals surface area contributed by atoms with Crippen molar-refractivity contribution in [2.24, 2.45) is 0 Å². The minimum absolute atomic E-state index is 0.0843. The number of piperazine rings is 1. The lowest BCUT2D eigenvalue weighted by Crippen LogP contribution is -2.44. The van der Waals surface area contributed by atoms with Gasteiger partial charge >= 0.3 is 0 Å². The molecule has 190 valence electrons. The van der Waals surface area contributed by atoms with E-state index in [4.69, 9.17) is 9.72 Å². The first kappa shape index (κ1) is 24.7. The van der Waals surface area contributed by atoms with Crippen LogP contribution in [0.2, 0.25) is 0 Å². The van der Waals surface area contributed by atoms with Crippen molar-refractivity contribution in [2.75, 3.05) is 63.1 Å². The van der Waals surface area contributed by atoms with Crippen LogP contribution >= 0.6 is 0 Å². The summed E-state index contributed by atoms with van der Waals surface area (Å²) in [4.78, 5) is 24.6. The van der Waals surface area contributed by atoms with Gasteiger partial charge in [-0.15, -0.1) is 0 Å². The summed E-state index contributed by atoms with van der Waals surface area (Å²) in [7, 11) is 2.16. The largest absolute Gasteiger partial charge is 0.368 e. The molecule has 2 aromatic carbocycles. The molecule has 0 aliphatic carbocycles. The van der Waals surface area contributed by atoms with Crippen molar-refractivity contribution < 1.29 is 9.53 Å². The molecule has 5 rings (SSSR count). The second-order valence-corrected chi connectivity index (χ2v) is 10.1. The summed E-state index contributed by atoms with van der Waals surface area (Å²) in [6.07, 6.45) is 2.05. The Morgan fingerprint density at radius 2 is 1.75 bits per heavy atom. The van der Waals surface area contributed by atoms with Gasteiger partial charge in [0.15, 0.2) is 0 Å². The highest BCUT2D eigenvalue weighted by atomic mass is 16.5. The fourth-order valence-electron chi connectivity index (χ4n) is 5.12. The molecule has 2 aliphatic heterocycles. The molecule has 0 unspecified atom stereocenters. The zero-order valence-corrected chi connectivity index (χ0v) is 21.4. The normalized spacial score (nSPS) is 18.0. The van der Waals surface area contributed by atoms with E-state index in [2.05, 4.69) is 70.4 Å². The molecular weight excluding hydrogens is 450 g/mol. The van der Waals surface area contributed by atoms with Gasteiger partial charge in [0, 0.05) is 56.9 Å². The highest BCUT2D eigenvalue weighted by molar-refractivity contribution is 5.95. The minimum atomic E-state index is -0.110. The van der Waals surface area contributed by atoms with E-state index < -0.39 is 0 Å². The first-order valence-electron chi connectivity index (χ1n) is 13.1. The Bertz CT molecular complexity index is 1170. The van der Waals surface area contributed by atoms with Crippen molar-refractivity contribution in [3.63, 3.8) is 0 Å². The van der Waals surface area contributed by atoms with Crippen LogP contribution in [0.1, 0.15) is 24.0 Å². The summed E-state index contributed by atoms with van der Waals surface area (Å²) in [6, 6.07) is 18.7. The predicted molar refractivity (Wildman–Crippen MR) is 146 cm³/mol. The number of nitrogens with zero attached hydrogens (tertiary/aromatic N) is 4. The predicted octanol–water partition coefficient (Wildman–Crippen LogP) is 3.91. The molecule has 0 saturated carbocycles. The molecular formula is C29H37N5O2. The Hall–Kier alpha value is -3.00. The monoisotopic (exact) mass is 487 g/mol. The number of aryl methyl sites for hydroxylation is 1. The van der Waals surface area contributed by atoms with Crippen molar-refractivity contribution >= 4 is 28.3 Å². The second kappa shape index (κ2) is 11.4. The van der Waals surface area contributed by atoms with Gasteiger partial charge in [0.2, 0.25) is 5.91 Å². The number of pyridine rings is 1. The van der Waals surface area contributed by atoms with Crippen LogP contribution in [0.4, 0.5) is 11.5 Å². The number of aromatic nitrogens is 1. The number of rotatable bonds is 7. The number of piperidine rings is 1. The lowest BCUT2D eigenvalue weighted by atomic mass is 10.1. The number of anilines is 2. The van der Waals surface area contributed by atoms with E-state index in [1.165, 1.54) is 11.1 Å². The highest BCUT2D eigenvalue weighted by Crippen LogP contribution is 2.26. The molecule has 0 atom stereocenters. The van der Waals surface area contributed by atoms with E-state index >= 15 is 0 Å². The van der Waals surface area contributed by atoms with E-state index in [0.717, 1.165) is 81.1 Å². The maximum atomic E-state index is 12.6. The molecule has 2 fully saturated rings. The van der Waals surface area contributed by atoms with E-state index in [0.29, 0.717) is 0 Å². The van der Waals surface area contributed by atoms with Gasteiger partial charge in [-0.3, -0.25) is 9.69 Å². The van der Waals surface area contributed by atoms with Crippen LogP contribution in [0, 0.1) is 6.92 Å². The number of likely N-dealkylation sites (tertiary alicyclic amines) is 1. The molecule has 1 N–H and O–H groups in total. The second-order valence-electron chi connectivity index (χ2n) is 10.1. The maximum Gasteiger partial charge on any atom is 0.250 e. The van der Waals surface area contributed by atoms with Crippen LogP contribution in [0.25, 0.3) is 10.9 Å². The van der Waals surface area contributed by atoms with Crippen molar-refractivity contribution in [1.29, 1.82) is 0 Å². The van der Waals surface area contributed by atoms with Crippen LogP contribution < -0.4 is 10.2 Å². The minimum Gasteiger partial charge on any atom is -0.368 e. The standard InChI is InChI=1S/C29H37N5O2/c1-22-18-28(34-16-14-32(2)15-17-34)31-27-9-8-24(19-26(22)27)30-29(35)21-36-25-10-12-33(13-11-25)20-23-6-4-3-5-7-23/h3-9,18-19,25H,10-17,20-21H2,1-2H3,(H,30,35). The van der Waals surface area contributed by atoms with Crippen molar-refractivity contribution in [3.8, 4) is 0 Å². The molecule has 7 nitrogen and oxygen atoms in total. The number of amides is 1. The molecule has 3 heterocycles. The Kier molecular flexibility index (Phi) is 7.80. The number of nitrogens with one attached hydrogen (secondary N) is 1. The van der Waals surface area contributed by atoms with Crippen molar-refractivity contribution in [3.05, 3.63) is 65.7 Å². The molecule has 36 heavy (non-hydrogen) atoms. The summed E-state index contributed by atoms with van der Waals surface area (Å²) >= 11 is 0. The van der Waals surface area contributed by atoms with Gasteiger partial charge in [0.05, 0.1) is 11.6 Å². The Morgan fingerprint density at radius 3 is 2.50 bits per heavy atom. The van der Waals surface area contributed by atoms with Crippen LogP contribution in [-0.2, 0) is 16.1 Å². The SMILES string of the molecule is Cc1cc(N2CCN(C)CC2)nc2ccc(NC(=O)COC3CCN(Cc4ccccc4)CC3)cc12. The van der Waals surface area contributed by atoms with Gasteiger partial charge in [-0.25, -0.2) is 4.98 Å². The molecule has 0 bridgehead atoms. The topological polar surface area (TPSA) is 60.9 Å². The van der Waals surface area contributed by atoms with Crippen molar-refractivity contribution in [1.82, 2.24) is 14.8 Å². The molecule has 7 heteroatoms. The Balaban J connectivity index is 1.11. The third-order valence-corrected chi connectivity index (χ3v) is 7.35. The Labute approximate surface area is 214 Å². The maximum absolute atomic E-state index is 12.6. The lowest BCUT2D eigenvalue weighted by molar-refractivity contribution is -0.123. The average Bonchev–Trinajstić information content (AvgIpc) is 2.89. The van der Waals surface area contributed by atoms with E-state index in [1.807, 2.05) is 18.2 Å². The first-order valence-corrected chi connectivity index (χ1v) is 13.1. The van der Waals surface area contributed by atoms with Crippen LogP contribution in [0.15, 0.2) is 54.6 Å². The quantitative estimate of drug-likeness (QED) is 0.545. The molecule has 1 aromatic heterocycles. The average molecular weight is 488 g/mol. The van der Waals surface area contributed by atoms with E-state index in [1.54, 1.807) is 0 Å². The summed E-state index contributed by atoms with van der Waals surface area (Å²) in [5.41, 5.74) is 4.25. The first-order chi connectivity index (χ1) is 17.5. The van der Waals surface area contributed by atoms with Crippen LogP contribution in [-0.4, -0.2) is 79.7 Å². The number of fused-ring (bicyclic) bond motifs is 1. The van der Waals surface area contributed by atoms with E-state index in [9.17, 15) is 4.79 Å². The van der Waals surface area contributed by atoms with Gasteiger partial charge in [-0.1, -0.05) is 30.3 Å². The third kappa shape index (κ3) is 6.22. The fraction of sp³-hybridized carbons (Fsp3) is 0.448. The fourth-order valence-corrected chi connectivity index (χ4v) is 5.12.